The number of amides is 1. The summed E-state index contributed by atoms with van der Waals surface area (Å²) in [6, 6.07) is -0.0860. The van der Waals surface area contributed by atoms with Gasteiger partial charge in [0, 0.05) is 24.9 Å². The van der Waals surface area contributed by atoms with Gasteiger partial charge >= 0.3 is 0 Å². The highest BCUT2D eigenvalue weighted by Gasteiger charge is 2.12. The molecule has 1 rings (SSSR count). The highest BCUT2D eigenvalue weighted by molar-refractivity contribution is 7.09. The Morgan fingerprint density at radius 1 is 1.59 bits per heavy atom. The molecule has 0 spiro atoms. The molecule has 0 aromatic carbocycles. The second-order valence-electron chi connectivity index (χ2n) is 3.79. The van der Waals surface area contributed by atoms with E-state index in [0.717, 1.165) is 10.7 Å². The van der Waals surface area contributed by atoms with Crippen molar-refractivity contribution >= 4 is 42.1 Å². The molecule has 0 saturated heterocycles. The number of aromatic nitrogens is 1. The first kappa shape index (κ1) is 19.0. The van der Waals surface area contributed by atoms with Crippen LogP contribution in [0.2, 0.25) is 0 Å². The quantitative estimate of drug-likeness (QED) is 0.925. The van der Waals surface area contributed by atoms with Gasteiger partial charge in [-0.1, -0.05) is 0 Å². The maximum Gasteiger partial charge on any atom is 0.224 e. The second kappa shape index (κ2) is 8.69. The van der Waals surface area contributed by atoms with Gasteiger partial charge in [-0.15, -0.1) is 36.2 Å². The Hall–Kier alpha value is -0.360. The van der Waals surface area contributed by atoms with E-state index in [9.17, 15) is 4.79 Å². The van der Waals surface area contributed by atoms with E-state index in [1.54, 1.807) is 23.3 Å². The number of halogens is 2. The SMILES string of the molecule is Cc1nc(CN(C)C(=O)CC(C)N)cs1.Cl.Cl. The average molecular weight is 300 g/mol. The number of thiazole rings is 1. The molecule has 17 heavy (non-hydrogen) atoms. The molecule has 7 heteroatoms. The summed E-state index contributed by atoms with van der Waals surface area (Å²) in [6.45, 7) is 4.35. The molecule has 0 aliphatic carbocycles. The van der Waals surface area contributed by atoms with Gasteiger partial charge in [0.15, 0.2) is 0 Å². The molecule has 4 nitrogen and oxygen atoms in total. The predicted octanol–water partition coefficient (Wildman–Crippen LogP) is 1.99. The monoisotopic (exact) mass is 299 g/mol. The van der Waals surface area contributed by atoms with E-state index >= 15 is 0 Å². The Morgan fingerprint density at radius 2 is 2.18 bits per heavy atom. The second-order valence-corrected chi connectivity index (χ2v) is 4.85. The normalized spacial score (nSPS) is 11.1. The van der Waals surface area contributed by atoms with Crippen LogP contribution in [0.1, 0.15) is 24.0 Å². The topological polar surface area (TPSA) is 59.2 Å². The zero-order chi connectivity index (χ0) is 11.4. The molecule has 1 aromatic rings. The Morgan fingerprint density at radius 3 is 2.59 bits per heavy atom. The van der Waals surface area contributed by atoms with Crippen LogP contribution in [0.5, 0.6) is 0 Å². The number of hydrogen-bond acceptors (Lipinski definition) is 4. The van der Waals surface area contributed by atoms with Crippen LogP contribution in [0, 0.1) is 6.92 Å². The molecule has 1 unspecified atom stereocenters. The molecule has 1 amide bonds. The molecule has 0 aliphatic heterocycles. The number of rotatable bonds is 4. The van der Waals surface area contributed by atoms with Gasteiger partial charge in [0.25, 0.3) is 0 Å². The van der Waals surface area contributed by atoms with Crippen LogP contribution in [0.25, 0.3) is 0 Å². The summed E-state index contributed by atoms with van der Waals surface area (Å²) in [7, 11) is 1.78. The summed E-state index contributed by atoms with van der Waals surface area (Å²) in [4.78, 5) is 17.6. The van der Waals surface area contributed by atoms with Crippen LogP contribution in [-0.4, -0.2) is 28.9 Å². The summed E-state index contributed by atoms with van der Waals surface area (Å²) >= 11 is 1.60. The third-order valence-corrected chi connectivity index (χ3v) is 2.81. The lowest BCUT2D eigenvalue weighted by Crippen LogP contribution is -2.31. The first-order valence-electron chi connectivity index (χ1n) is 4.89. The van der Waals surface area contributed by atoms with Gasteiger partial charge in [-0.3, -0.25) is 4.79 Å². The van der Waals surface area contributed by atoms with Gasteiger partial charge in [0.2, 0.25) is 5.91 Å². The number of carbonyl (C=O) groups is 1. The highest BCUT2D eigenvalue weighted by Crippen LogP contribution is 2.10. The largest absolute Gasteiger partial charge is 0.340 e. The van der Waals surface area contributed by atoms with Crippen LogP contribution in [0.3, 0.4) is 0 Å². The Balaban J connectivity index is 0. The van der Waals surface area contributed by atoms with E-state index in [1.165, 1.54) is 0 Å². The van der Waals surface area contributed by atoms with Crippen molar-refractivity contribution in [1.29, 1.82) is 0 Å². The molecule has 1 atom stereocenters. The maximum absolute atomic E-state index is 11.6. The molecule has 100 valence electrons. The maximum atomic E-state index is 11.6. The zero-order valence-corrected chi connectivity index (χ0v) is 12.6. The van der Waals surface area contributed by atoms with Gasteiger partial charge < -0.3 is 10.6 Å². The lowest BCUT2D eigenvalue weighted by atomic mass is 10.2. The number of carbonyl (C=O) groups excluding carboxylic acids is 1. The van der Waals surface area contributed by atoms with Crippen LogP contribution in [0.15, 0.2) is 5.38 Å². The lowest BCUT2D eigenvalue weighted by molar-refractivity contribution is -0.130. The summed E-state index contributed by atoms with van der Waals surface area (Å²) in [5.74, 6) is 0.0654. The van der Waals surface area contributed by atoms with E-state index in [1.807, 2.05) is 19.2 Å². The highest BCUT2D eigenvalue weighted by atomic mass is 35.5. The fourth-order valence-corrected chi connectivity index (χ4v) is 1.85. The molecule has 2 N–H and O–H groups in total. The molecule has 0 saturated carbocycles. The number of nitrogens with zero attached hydrogens (tertiary/aromatic N) is 2. The van der Waals surface area contributed by atoms with Crippen molar-refractivity contribution in [2.24, 2.45) is 5.73 Å². The van der Waals surface area contributed by atoms with Gasteiger partial charge in [0.1, 0.15) is 0 Å². The molecule has 0 radical (unpaired) electrons. The third kappa shape index (κ3) is 6.83. The Bertz CT molecular complexity index is 344. The van der Waals surface area contributed by atoms with E-state index < -0.39 is 0 Å². The van der Waals surface area contributed by atoms with Crippen molar-refractivity contribution < 1.29 is 4.79 Å². The van der Waals surface area contributed by atoms with Crippen molar-refractivity contribution in [3.8, 4) is 0 Å². The van der Waals surface area contributed by atoms with Crippen molar-refractivity contribution in [3.63, 3.8) is 0 Å². The minimum absolute atomic E-state index is 0. The standard InChI is InChI=1S/C10H17N3OS.2ClH/c1-7(11)4-10(14)13(3)5-9-6-15-8(2)12-9;;/h6-7H,4-5,11H2,1-3H3;2*1H. The molecule has 0 aliphatic rings. The van der Waals surface area contributed by atoms with E-state index in [4.69, 9.17) is 5.73 Å². The zero-order valence-electron chi connectivity index (χ0n) is 10.2. The Kier molecular flexibility index (Phi) is 9.71. The lowest BCUT2D eigenvalue weighted by Gasteiger charge is -2.16. The average Bonchev–Trinajstić information content (AvgIpc) is 2.50. The number of aryl methyl sites for hydroxylation is 1. The minimum atomic E-state index is -0.0860. The van der Waals surface area contributed by atoms with Crippen LogP contribution >= 0.6 is 36.2 Å². The first-order chi connectivity index (χ1) is 6.99. The third-order valence-electron chi connectivity index (χ3n) is 1.99. The van der Waals surface area contributed by atoms with Crippen LogP contribution < -0.4 is 5.73 Å². The predicted molar refractivity (Wildman–Crippen MR) is 76.1 cm³/mol. The molecular weight excluding hydrogens is 281 g/mol. The summed E-state index contributed by atoms with van der Waals surface area (Å²) in [5.41, 5.74) is 6.51. The van der Waals surface area contributed by atoms with Gasteiger partial charge in [-0.25, -0.2) is 4.98 Å². The fraction of sp³-hybridized carbons (Fsp3) is 0.600. The van der Waals surface area contributed by atoms with E-state index in [0.29, 0.717) is 13.0 Å². The molecule has 1 aromatic heterocycles. The van der Waals surface area contributed by atoms with Crippen molar-refractivity contribution in [2.75, 3.05) is 7.05 Å². The van der Waals surface area contributed by atoms with Crippen LogP contribution in [-0.2, 0) is 11.3 Å². The number of hydrogen-bond donors (Lipinski definition) is 1. The van der Waals surface area contributed by atoms with Crippen LogP contribution in [0.4, 0.5) is 0 Å². The fourth-order valence-electron chi connectivity index (χ4n) is 1.24. The smallest absolute Gasteiger partial charge is 0.224 e. The minimum Gasteiger partial charge on any atom is -0.340 e. The first-order valence-corrected chi connectivity index (χ1v) is 5.77. The van der Waals surface area contributed by atoms with Gasteiger partial charge in [-0.05, 0) is 13.8 Å². The molecule has 0 bridgehead atoms. The van der Waals surface area contributed by atoms with Crippen molar-refractivity contribution in [2.45, 2.75) is 32.9 Å². The summed E-state index contributed by atoms with van der Waals surface area (Å²) < 4.78 is 0. The molecule has 1 heterocycles. The summed E-state index contributed by atoms with van der Waals surface area (Å²) in [5, 5.41) is 3.00. The molecule has 0 fully saturated rings. The van der Waals surface area contributed by atoms with Gasteiger partial charge in [0.05, 0.1) is 17.2 Å². The van der Waals surface area contributed by atoms with Crippen molar-refractivity contribution in [3.05, 3.63) is 16.1 Å². The van der Waals surface area contributed by atoms with Crippen molar-refractivity contribution in [1.82, 2.24) is 9.88 Å². The summed E-state index contributed by atoms with van der Waals surface area (Å²) in [6.07, 6.45) is 0.389. The number of nitrogens with two attached hydrogens (primary N) is 1. The van der Waals surface area contributed by atoms with E-state index in [-0.39, 0.29) is 36.8 Å². The van der Waals surface area contributed by atoms with E-state index in [2.05, 4.69) is 4.98 Å². The Labute approximate surface area is 118 Å². The van der Waals surface area contributed by atoms with Gasteiger partial charge in [-0.2, -0.15) is 0 Å². The molecular formula is C10H19Cl2N3OS.